The van der Waals surface area contributed by atoms with Crippen LogP contribution in [-0.2, 0) is 20.6 Å². The van der Waals surface area contributed by atoms with E-state index in [2.05, 4.69) is 17.2 Å². The van der Waals surface area contributed by atoms with E-state index in [1.807, 2.05) is 5.32 Å². The summed E-state index contributed by atoms with van der Waals surface area (Å²) < 4.78 is 4.02. The second-order valence-corrected chi connectivity index (χ2v) is 6.39. The molecular weight excluding hydrogens is 376 g/mol. The molecule has 10 nitrogen and oxygen atoms in total. The van der Waals surface area contributed by atoms with E-state index in [1.165, 1.54) is 11.6 Å². The zero-order chi connectivity index (χ0) is 19.3. The standard InChI is InChI=1S/C16H28N6O4.ClH/c1-4-5-6-18-15-19-13-12(14(25)21(3)16(26)20(13)2)22(15)10-11(24)9-17-7-8-23;/h11,17,23-24H,4-10H2,1-3H3,(H,18,19);1H. The Labute approximate surface area is 163 Å². The lowest BCUT2D eigenvalue weighted by Crippen LogP contribution is -3.00. The maximum Gasteiger partial charge on any atom is 0.332 e. The van der Waals surface area contributed by atoms with Crippen LogP contribution in [0.5, 0.6) is 0 Å². The predicted molar refractivity (Wildman–Crippen MR) is 98.4 cm³/mol. The number of aliphatic hydroxyl groups is 2. The number of hydrogen-bond acceptors (Lipinski definition) is 6. The number of imidazole rings is 1. The van der Waals surface area contributed by atoms with Crippen molar-refractivity contribution in [2.24, 2.45) is 14.1 Å². The van der Waals surface area contributed by atoms with Crippen molar-refractivity contribution < 1.29 is 27.9 Å². The summed E-state index contributed by atoms with van der Waals surface area (Å²) in [5, 5.41) is 24.2. The third-order valence-electron chi connectivity index (χ3n) is 4.33. The SMILES string of the molecule is CCCCNc1nc2c(c(=O)n(C)c(=O)n2C)n1CC(O)C[NH2+]CCO.[Cl-]. The van der Waals surface area contributed by atoms with Gasteiger partial charge in [-0.05, 0) is 6.42 Å². The lowest BCUT2D eigenvalue weighted by Gasteiger charge is -2.14. The van der Waals surface area contributed by atoms with Gasteiger partial charge in [-0.15, -0.1) is 0 Å². The number of rotatable bonds is 10. The van der Waals surface area contributed by atoms with Gasteiger partial charge < -0.3 is 37.8 Å². The van der Waals surface area contributed by atoms with Gasteiger partial charge in [-0.25, -0.2) is 4.79 Å². The molecule has 154 valence electrons. The molecule has 0 bridgehead atoms. The predicted octanol–water partition coefficient (Wildman–Crippen LogP) is -5.43. The number of nitrogens with zero attached hydrogens (tertiary/aromatic N) is 4. The number of halogens is 1. The molecule has 0 spiro atoms. The molecule has 5 N–H and O–H groups in total. The highest BCUT2D eigenvalue weighted by Gasteiger charge is 2.21. The van der Waals surface area contributed by atoms with Crippen LogP contribution in [0, 0.1) is 0 Å². The fraction of sp³-hybridized carbons (Fsp3) is 0.688. The number of aryl methyl sites for hydroxylation is 1. The first kappa shape index (κ1) is 23.2. The van der Waals surface area contributed by atoms with Crippen molar-refractivity contribution in [1.82, 2.24) is 18.7 Å². The lowest BCUT2D eigenvalue weighted by atomic mass is 10.3. The summed E-state index contributed by atoms with van der Waals surface area (Å²) in [6, 6.07) is 0. The molecule has 0 aliphatic rings. The van der Waals surface area contributed by atoms with E-state index < -0.39 is 17.4 Å². The molecule has 27 heavy (non-hydrogen) atoms. The van der Waals surface area contributed by atoms with E-state index in [-0.39, 0.29) is 31.1 Å². The summed E-state index contributed by atoms with van der Waals surface area (Å²) in [6.45, 7) is 3.85. The van der Waals surface area contributed by atoms with Crippen LogP contribution in [0.2, 0.25) is 0 Å². The quantitative estimate of drug-likeness (QED) is 0.292. The second-order valence-electron chi connectivity index (χ2n) is 6.39. The minimum Gasteiger partial charge on any atom is -1.00 e. The van der Waals surface area contributed by atoms with Gasteiger partial charge in [0.2, 0.25) is 5.95 Å². The molecule has 1 atom stereocenters. The molecule has 0 saturated carbocycles. The van der Waals surface area contributed by atoms with Gasteiger partial charge in [0.25, 0.3) is 5.56 Å². The molecule has 0 aliphatic carbocycles. The van der Waals surface area contributed by atoms with Crippen LogP contribution in [0.25, 0.3) is 11.2 Å². The van der Waals surface area contributed by atoms with E-state index in [0.717, 1.165) is 17.4 Å². The van der Waals surface area contributed by atoms with E-state index in [1.54, 1.807) is 11.6 Å². The zero-order valence-electron chi connectivity index (χ0n) is 16.0. The van der Waals surface area contributed by atoms with Crippen molar-refractivity contribution in [2.45, 2.75) is 32.4 Å². The number of quaternary nitrogens is 1. The van der Waals surface area contributed by atoms with Gasteiger partial charge in [-0.2, -0.15) is 4.98 Å². The number of hydrogen-bond donors (Lipinski definition) is 4. The summed E-state index contributed by atoms with van der Waals surface area (Å²) in [4.78, 5) is 29.2. The Morgan fingerprint density at radius 1 is 1.26 bits per heavy atom. The first-order chi connectivity index (χ1) is 12.4. The van der Waals surface area contributed by atoms with Gasteiger partial charge in [0.15, 0.2) is 11.2 Å². The fourth-order valence-corrected chi connectivity index (χ4v) is 2.82. The Kier molecular flexibility index (Phi) is 8.97. The molecule has 0 fully saturated rings. The average Bonchev–Trinajstić information content (AvgIpc) is 2.97. The highest BCUT2D eigenvalue weighted by atomic mass is 35.5. The summed E-state index contributed by atoms with van der Waals surface area (Å²) in [7, 11) is 3.00. The molecule has 0 amide bonds. The lowest BCUT2D eigenvalue weighted by molar-refractivity contribution is -0.662. The zero-order valence-corrected chi connectivity index (χ0v) is 16.7. The van der Waals surface area contributed by atoms with Crippen molar-refractivity contribution in [1.29, 1.82) is 0 Å². The smallest absolute Gasteiger partial charge is 0.332 e. The molecule has 0 aliphatic heterocycles. The van der Waals surface area contributed by atoms with Crippen LogP contribution in [-0.4, -0.2) is 61.2 Å². The van der Waals surface area contributed by atoms with E-state index in [4.69, 9.17) is 5.11 Å². The van der Waals surface area contributed by atoms with E-state index >= 15 is 0 Å². The number of aromatic nitrogens is 4. The van der Waals surface area contributed by atoms with Crippen LogP contribution in [0.3, 0.4) is 0 Å². The van der Waals surface area contributed by atoms with E-state index in [0.29, 0.717) is 31.2 Å². The number of nitrogens with two attached hydrogens (primary N) is 1. The Morgan fingerprint density at radius 2 is 1.96 bits per heavy atom. The topological polar surface area (TPSA) is 131 Å². The van der Waals surface area contributed by atoms with Crippen molar-refractivity contribution in [2.75, 3.05) is 31.6 Å². The van der Waals surface area contributed by atoms with Crippen LogP contribution in [0.4, 0.5) is 5.95 Å². The molecule has 2 rings (SSSR count). The minimum atomic E-state index is -0.729. The van der Waals surface area contributed by atoms with Crippen molar-refractivity contribution >= 4 is 17.1 Å². The molecule has 2 aromatic rings. The summed E-state index contributed by atoms with van der Waals surface area (Å²) in [5.74, 6) is 0.466. The normalized spacial score (nSPS) is 12.2. The van der Waals surface area contributed by atoms with Crippen LogP contribution in [0.1, 0.15) is 19.8 Å². The van der Waals surface area contributed by atoms with Crippen LogP contribution < -0.4 is 34.3 Å². The molecule has 0 aromatic carbocycles. The van der Waals surface area contributed by atoms with Gasteiger partial charge in [-0.3, -0.25) is 13.9 Å². The van der Waals surface area contributed by atoms with Crippen molar-refractivity contribution in [3.63, 3.8) is 0 Å². The van der Waals surface area contributed by atoms with Crippen LogP contribution in [0.15, 0.2) is 9.59 Å². The van der Waals surface area contributed by atoms with Gasteiger partial charge >= 0.3 is 5.69 Å². The van der Waals surface area contributed by atoms with Crippen molar-refractivity contribution in [3.8, 4) is 0 Å². The molecule has 1 unspecified atom stereocenters. The molecule has 2 heterocycles. The fourth-order valence-electron chi connectivity index (χ4n) is 2.82. The molecular formula is C16H29ClN6O4. The highest BCUT2D eigenvalue weighted by Crippen LogP contribution is 2.16. The molecule has 0 saturated heterocycles. The maximum absolute atomic E-state index is 12.6. The molecule has 0 radical (unpaired) electrons. The van der Waals surface area contributed by atoms with Gasteiger partial charge in [0.05, 0.1) is 19.7 Å². The number of unbranched alkanes of at least 4 members (excludes halogenated alkanes) is 1. The maximum atomic E-state index is 12.6. The van der Waals surface area contributed by atoms with Gasteiger partial charge in [-0.1, -0.05) is 13.3 Å². The Morgan fingerprint density at radius 3 is 2.59 bits per heavy atom. The van der Waals surface area contributed by atoms with Gasteiger partial charge in [0.1, 0.15) is 12.6 Å². The average molecular weight is 405 g/mol. The number of aliphatic hydroxyl groups excluding tert-OH is 2. The Balaban J connectivity index is 0.00000364. The summed E-state index contributed by atoms with van der Waals surface area (Å²) in [5.41, 5.74) is -0.298. The molecule has 2 aromatic heterocycles. The second kappa shape index (κ2) is 10.5. The number of fused-ring (bicyclic) bond motifs is 1. The first-order valence-corrected chi connectivity index (χ1v) is 8.93. The monoisotopic (exact) mass is 404 g/mol. The summed E-state index contributed by atoms with van der Waals surface area (Å²) >= 11 is 0. The minimum absolute atomic E-state index is 0. The highest BCUT2D eigenvalue weighted by molar-refractivity contribution is 5.74. The van der Waals surface area contributed by atoms with E-state index in [9.17, 15) is 14.7 Å². The van der Waals surface area contributed by atoms with Gasteiger partial charge in [0, 0.05) is 20.6 Å². The Bertz CT molecular complexity index is 859. The first-order valence-electron chi connectivity index (χ1n) is 8.93. The van der Waals surface area contributed by atoms with Crippen molar-refractivity contribution in [3.05, 3.63) is 20.8 Å². The Hall–Kier alpha value is -1.88. The number of nitrogens with one attached hydrogen (secondary N) is 1. The summed E-state index contributed by atoms with van der Waals surface area (Å²) in [6.07, 6.45) is 1.21. The molecule has 11 heteroatoms. The largest absolute Gasteiger partial charge is 1.00 e. The van der Waals surface area contributed by atoms with Crippen LogP contribution >= 0.6 is 0 Å². The third-order valence-corrected chi connectivity index (χ3v) is 4.33. The number of anilines is 1. The third kappa shape index (κ3) is 5.10.